The molecular weight excluding hydrogens is 344 g/mol. The molecule has 0 aliphatic rings. The Morgan fingerprint density at radius 3 is 2.36 bits per heavy atom. The summed E-state index contributed by atoms with van der Waals surface area (Å²) < 4.78 is 0. The Kier molecular flexibility index (Phi) is 6.71. The molecule has 0 aliphatic heterocycles. The normalized spacial score (nSPS) is 12.6. The van der Waals surface area contributed by atoms with Crippen molar-refractivity contribution in [1.29, 1.82) is 10.5 Å². The number of hydrogen-bond acceptors (Lipinski definition) is 4. The smallest absolute Gasteiger partial charge is 0.151 e. The molecular formula is C24H28N4. The van der Waals surface area contributed by atoms with Gasteiger partial charge in [-0.25, -0.2) is 4.98 Å². The summed E-state index contributed by atoms with van der Waals surface area (Å²) >= 11 is 0. The summed E-state index contributed by atoms with van der Waals surface area (Å²) in [5.41, 5.74) is 6.35. The van der Waals surface area contributed by atoms with Crippen LogP contribution in [0, 0.1) is 29.6 Å². The summed E-state index contributed by atoms with van der Waals surface area (Å²) in [7, 11) is 0. The first-order valence-electron chi connectivity index (χ1n) is 9.77. The van der Waals surface area contributed by atoms with Crippen molar-refractivity contribution in [2.75, 3.05) is 0 Å². The second-order valence-corrected chi connectivity index (χ2v) is 7.63. The Morgan fingerprint density at radius 2 is 1.86 bits per heavy atom. The van der Waals surface area contributed by atoms with Crippen molar-refractivity contribution in [1.82, 2.24) is 9.97 Å². The molecule has 0 bridgehead atoms. The molecule has 0 aliphatic carbocycles. The molecule has 1 unspecified atom stereocenters. The number of nitrogens with zero attached hydrogens (tertiary/aromatic N) is 4. The predicted octanol–water partition coefficient (Wildman–Crippen LogP) is 6.00. The summed E-state index contributed by atoms with van der Waals surface area (Å²) in [6.45, 7) is 12.8. The number of rotatable bonds is 6. The van der Waals surface area contributed by atoms with E-state index in [0.717, 1.165) is 41.6 Å². The monoisotopic (exact) mass is 372 g/mol. The molecule has 0 radical (unpaired) electrons. The highest BCUT2D eigenvalue weighted by Gasteiger charge is 2.35. The number of nitriles is 2. The van der Waals surface area contributed by atoms with Gasteiger partial charge in [0, 0.05) is 17.2 Å². The summed E-state index contributed by atoms with van der Waals surface area (Å²) in [4.78, 5) is 8.85. The molecule has 1 atom stereocenters. The minimum absolute atomic E-state index is 0.263. The lowest BCUT2D eigenvalue weighted by atomic mass is 9.68. The first-order chi connectivity index (χ1) is 13.3. The van der Waals surface area contributed by atoms with Gasteiger partial charge >= 0.3 is 0 Å². The SMILES string of the molecule is CCCC(C)(C(CC)=C(C)C)c1cc(C#N)nc(C#N)c1-c1cc(C)ccn1. The van der Waals surface area contributed by atoms with Crippen LogP contribution in [0.4, 0.5) is 0 Å². The molecule has 0 fully saturated rings. The Hall–Kier alpha value is -2.98. The standard InChI is InChI=1S/C24H28N4/c1-7-10-24(6,19(8-2)16(3)4)20-13-18(14-25)28-22(15-26)23(20)21-12-17(5)9-11-27-21/h9,11-13H,7-8,10H2,1-6H3. The van der Waals surface area contributed by atoms with Gasteiger partial charge in [-0.1, -0.05) is 38.3 Å². The lowest BCUT2D eigenvalue weighted by Crippen LogP contribution is -2.27. The molecule has 2 aromatic rings. The van der Waals surface area contributed by atoms with Crippen LogP contribution in [0.25, 0.3) is 11.3 Å². The summed E-state index contributed by atoms with van der Waals surface area (Å²) in [6.07, 6.45) is 4.57. The average Bonchev–Trinajstić information content (AvgIpc) is 2.67. The maximum atomic E-state index is 9.83. The molecule has 28 heavy (non-hydrogen) atoms. The van der Waals surface area contributed by atoms with Crippen LogP contribution in [0.1, 0.15) is 76.4 Å². The zero-order valence-corrected chi connectivity index (χ0v) is 17.7. The minimum Gasteiger partial charge on any atom is -0.256 e. The van der Waals surface area contributed by atoms with E-state index in [4.69, 9.17) is 0 Å². The van der Waals surface area contributed by atoms with Gasteiger partial charge in [-0.3, -0.25) is 4.98 Å². The van der Waals surface area contributed by atoms with E-state index in [1.54, 1.807) is 6.20 Å². The highest BCUT2D eigenvalue weighted by molar-refractivity contribution is 5.73. The second kappa shape index (κ2) is 8.81. The van der Waals surface area contributed by atoms with Crippen molar-refractivity contribution in [3.05, 3.63) is 58.1 Å². The molecule has 0 amide bonds. The zero-order valence-electron chi connectivity index (χ0n) is 17.7. The van der Waals surface area contributed by atoms with E-state index in [1.807, 2.05) is 25.1 Å². The zero-order chi connectivity index (χ0) is 20.9. The van der Waals surface area contributed by atoms with Crippen LogP contribution in [-0.4, -0.2) is 9.97 Å². The van der Waals surface area contributed by atoms with Gasteiger partial charge in [0.25, 0.3) is 0 Å². The quantitative estimate of drug-likeness (QED) is 0.583. The number of hydrogen-bond donors (Lipinski definition) is 0. The van der Waals surface area contributed by atoms with Crippen LogP contribution < -0.4 is 0 Å². The van der Waals surface area contributed by atoms with E-state index >= 15 is 0 Å². The fourth-order valence-corrected chi connectivity index (χ4v) is 4.29. The van der Waals surface area contributed by atoms with Gasteiger partial charge in [-0.05, 0) is 62.9 Å². The van der Waals surface area contributed by atoms with Gasteiger partial charge in [0.2, 0.25) is 0 Å². The highest BCUT2D eigenvalue weighted by Crippen LogP contribution is 2.44. The molecule has 2 heterocycles. The molecule has 0 saturated heterocycles. The average molecular weight is 373 g/mol. The van der Waals surface area contributed by atoms with Gasteiger partial charge in [-0.15, -0.1) is 0 Å². The number of aromatic nitrogens is 2. The van der Waals surface area contributed by atoms with E-state index in [2.05, 4.69) is 56.7 Å². The lowest BCUT2D eigenvalue weighted by molar-refractivity contribution is 0.483. The number of aryl methyl sites for hydroxylation is 1. The lowest BCUT2D eigenvalue weighted by Gasteiger charge is -2.36. The molecule has 4 nitrogen and oxygen atoms in total. The van der Waals surface area contributed by atoms with Crippen molar-refractivity contribution >= 4 is 0 Å². The Balaban J connectivity index is 3.01. The van der Waals surface area contributed by atoms with E-state index in [0.29, 0.717) is 0 Å². The van der Waals surface area contributed by atoms with Crippen molar-refractivity contribution in [3.8, 4) is 23.4 Å². The van der Waals surface area contributed by atoms with Gasteiger partial charge in [0.15, 0.2) is 5.69 Å². The topological polar surface area (TPSA) is 73.4 Å². The maximum absolute atomic E-state index is 9.83. The first kappa shape index (κ1) is 21.3. The summed E-state index contributed by atoms with van der Waals surface area (Å²) in [5, 5.41) is 19.4. The van der Waals surface area contributed by atoms with E-state index in [9.17, 15) is 10.5 Å². The van der Waals surface area contributed by atoms with Crippen molar-refractivity contribution in [2.24, 2.45) is 0 Å². The Labute approximate surface area is 168 Å². The molecule has 0 spiro atoms. The molecule has 0 aromatic carbocycles. The van der Waals surface area contributed by atoms with Crippen molar-refractivity contribution in [3.63, 3.8) is 0 Å². The van der Waals surface area contributed by atoms with Gasteiger partial charge in [0.05, 0.1) is 5.69 Å². The van der Waals surface area contributed by atoms with Crippen LogP contribution in [0.2, 0.25) is 0 Å². The number of allylic oxidation sites excluding steroid dienone is 2. The van der Waals surface area contributed by atoms with Gasteiger partial charge < -0.3 is 0 Å². The predicted molar refractivity (Wildman–Crippen MR) is 113 cm³/mol. The molecule has 4 heteroatoms. The third-order valence-electron chi connectivity index (χ3n) is 5.38. The van der Waals surface area contributed by atoms with Gasteiger partial charge in [0.1, 0.15) is 17.8 Å². The van der Waals surface area contributed by atoms with E-state index in [1.165, 1.54) is 11.1 Å². The molecule has 2 aromatic heterocycles. The fourth-order valence-electron chi connectivity index (χ4n) is 4.29. The van der Waals surface area contributed by atoms with E-state index < -0.39 is 0 Å². The number of pyridine rings is 2. The van der Waals surface area contributed by atoms with Crippen LogP contribution in [0.3, 0.4) is 0 Å². The second-order valence-electron chi connectivity index (χ2n) is 7.63. The summed E-state index contributed by atoms with van der Waals surface area (Å²) in [5.74, 6) is 0. The maximum Gasteiger partial charge on any atom is 0.151 e. The molecule has 0 N–H and O–H groups in total. The van der Waals surface area contributed by atoms with Crippen LogP contribution >= 0.6 is 0 Å². The highest BCUT2D eigenvalue weighted by atomic mass is 14.7. The Bertz CT molecular complexity index is 985. The van der Waals surface area contributed by atoms with Crippen molar-refractivity contribution < 1.29 is 0 Å². The van der Waals surface area contributed by atoms with Crippen molar-refractivity contribution in [2.45, 2.75) is 66.2 Å². The summed E-state index contributed by atoms with van der Waals surface area (Å²) in [6, 6.07) is 10.1. The van der Waals surface area contributed by atoms with Crippen LogP contribution in [0.15, 0.2) is 35.5 Å². The Morgan fingerprint density at radius 1 is 1.14 bits per heavy atom. The van der Waals surface area contributed by atoms with Crippen LogP contribution in [-0.2, 0) is 5.41 Å². The molecule has 0 saturated carbocycles. The van der Waals surface area contributed by atoms with Crippen LogP contribution in [0.5, 0.6) is 0 Å². The first-order valence-corrected chi connectivity index (χ1v) is 9.77. The van der Waals surface area contributed by atoms with Gasteiger partial charge in [-0.2, -0.15) is 10.5 Å². The largest absolute Gasteiger partial charge is 0.256 e. The molecule has 144 valence electrons. The minimum atomic E-state index is -0.302. The third kappa shape index (κ3) is 3.97. The molecule has 2 rings (SSSR count). The van der Waals surface area contributed by atoms with E-state index in [-0.39, 0.29) is 16.8 Å². The fraction of sp³-hybridized carbons (Fsp3) is 0.417. The third-order valence-corrected chi connectivity index (χ3v) is 5.38.